The van der Waals surface area contributed by atoms with Crippen molar-refractivity contribution >= 4 is 28.3 Å². The molecular formula is C18H19ClN4O. The number of pyridine rings is 1. The Kier molecular flexibility index (Phi) is 3.90. The monoisotopic (exact) mass is 342 g/mol. The van der Waals surface area contributed by atoms with Crippen LogP contribution in [0.3, 0.4) is 0 Å². The average molecular weight is 343 g/mol. The van der Waals surface area contributed by atoms with Crippen LogP contribution in [0.1, 0.15) is 13.8 Å². The van der Waals surface area contributed by atoms with Crippen LogP contribution in [0.5, 0.6) is 0 Å². The molecule has 3 heterocycles. The first-order valence-corrected chi connectivity index (χ1v) is 8.48. The standard InChI is InChI=1S/C18H19ClN4O/c1-12-10-22(11-13(2)24-12)18-16-7-8-20-9-17(16)23(21-18)15-5-3-14(19)4-6-15/h3-9,12-13H,10-11H2,1-2H3. The third-order valence-corrected chi connectivity index (χ3v) is 4.51. The van der Waals surface area contributed by atoms with Gasteiger partial charge in [-0.15, -0.1) is 5.10 Å². The predicted molar refractivity (Wildman–Crippen MR) is 96.1 cm³/mol. The second-order valence-corrected chi connectivity index (χ2v) is 6.70. The first-order valence-electron chi connectivity index (χ1n) is 8.11. The van der Waals surface area contributed by atoms with Crippen LogP contribution in [0, 0.1) is 0 Å². The van der Waals surface area contributed by atoms with Gasteiger partial charge in [0.2, 0.25) is 0 Å². The number of aromatic nitrogens is 3. The lowest BCUT2D eigenvalue weighted by Gasteiger charge is -2.35. The number of hydrogen-bond acceptors (Lipinski definition) is 4. The smallest absolute Gasteiger partial charge is 0.159 e. The van der Waals surface area contributed by atoms with Crippen molar-refractivity contribution < 1.29 is 4.74 Å². The molecule has 6 heteroatoms. The molecule has 0 spiro atoms. The van der Waals surface area contributed by atoms with E-state index in [1.165, 1.54) is 0 Å². The van der Waals surface area contributed by atoms with Gasteiger partial charge in [-0.05, 0) is 44.2 Å². The number of rotatable bonds is 2. The van der Waals surface area contributed by atoms with E-state index in [0.717, 1.165) is 35.5 Å². The third kappa shape index (κ3) is 2.74. The number of benzene rings is 1. The number of ether oxygens (including phenoxy) is 1. The van der Waals surface area contributed by atoms with E-state index in [4.69, 9.17) is 21.4 Å². The fourth-order valence-corrected chi connectivity index (χ4v) is 3.44. The molecule has 0 amide bonds. The molecular weight excluding hydrogens is 324 g/mol. The maximum Gasteiger partial charge on any atom is 0.159 e. The van der Waals surface area contributed by atoms with Crippen LogP contribution in [-0.4, -0.2) is 40.1 Å². The Morgan fingerprint density at radius 2 is 1.79 bits per heavy atom. The number of fused-ring (bicyclic) bond motifs is 1. The molecule has 2 aromatic heterocycles. The fraction of sp³-hybridized carbons (Fsp3) is 0.333. The zero-order chi connectivity index (χ0) is 16.7. The average Bonchev–Trinajstić information content (AvgIpc) is 2.94. The van der Waals surface area contributed by atoms with Gasteiger partial charge in [-0.2, -0.15) is 0 Å². The largest absolute Gasteiger partial charge is 0.372 e. The van der Waals surface area contributed by atoms with E-state index in [-0.39, 0.29) is 12.2 Å². The van der Waals surface area contributed by atoms with Crippen molar-refractivity contribution in [2.24, 2.45) is 0 Å². The lowest BCUT2D eigenvalue weighted by molar-refractivity contribution is -0.00539. The molecule has 0 saturated carbocycles. The molecule has 2 atom stereocenters. The highest BCUT2D eigenvalue weighted by molar-refractivity contribution is 6.30. The lowest BCUT2D eigenvalue weighted by atomic mass is 10.2. The summed E-state index contributed by atoms with van der Waals surface area (Å²) in [6.45, 7) is 5.87. The highest BCUT2D eigenvalue weighted by atomic mass is 35.5. The second-order valence-electron chi connectivity index (χ2n) is 6.27. The van der Waals surface area contributed by atoms with E-state index < -0.39 is 0 Å². The highest BCUT2D eigenvalue weighted by Gasteiger charge is 2.26. The molecule has 0 bridgehead atoms. The Labute approximate surface area is 145 Å². The Balaban J connectivity index is 1.83. The summed E-state index contributed by atoms with van der Waals surface area (Å²) in [6, 6.07) is 9.71. The van der Waals surface area contributed by atoms with Gasteiger partial charge in [0.15, 0.2) is 5.82 Å². The summed E-state index contributed by atoms with van der Waals surface area (Å²) in [7, 11) is 0. The number of hydrogen-bond donors (Lipinski definition) is 0. The van der Waals surface area contributed by atoms with Crippen molar-refractivity contribution in [2.45, 2.75) is 26.1 Å². The highest BCUT2D eigenvalue weighted by Crippen LogP contribution is 2.30. The van der Waals surface area contributed by atoms with E-state index in [0.29, 0.717) is 5.02 Å². The van der Waals surface area contributed by atoms with Crippen molar-refractivity contribution in [3.05, 3.63) is 47.7 Å². The lowest BCUT2D eigenvalue weighted by Crippen LogP contribution is -2.45. The minimum absolute atomic E-state index is 0.186. The van der Waals surface area contributed by atoms with Gasteiger partial charge in [-0.3, -0.25) is 4.98 Å². The van der Waals surface area contributed by atoms with Gasteiger partial charge in [-0.25, -0.2) is 4.68 Å². The van der Waals surface area contributed by atoms with Gasteiger partial charge < -0.3 is 9.64 Å². The maximum atomic E-state index is 6.01. The molecule has 3 aromatic rings. The molecule has 24 heavy (non-hydrogen) atoms. The summed E-state index contributed by atoms with van der Waals surface area (Å²) < 4.78 is 7.78. The summed E-state index contributed by atoms with van der Waals surface area (Å²) in [6.07, 6.45) is 4.04. The Hall–Kier alpha value is -2.11. The summed E-state index contributed by atoms with van der Waals surface area (Å²) >= 11 is 6.01. The van der Waals surface area contributed by atoms with Crippen molar-refractivity contribution in [1.82, 2.24) is 14.8 Å². The number of halogens is 1. The molecule has 2 unspecified atom stereocenters. The van der Waals surface area contributed by atoms with Gasteiger partial charge in [0, 0.05) is 29.7 Å². The summed E-state index contributed by atoms with van der Waals surface area (Å²) in [5.41, 5.74) is 1.96. The zero-order valence-corrected chi connectivity index (χ0v) is 14.4. The third-order valence-electron chi connectivity index (χ3n) is 4.25. The van der Waals surface area contributed by atoms with Crippen LogP contribution in [-0.2, 0) is 4.74 Å². The van der Waals surface area contributed by atoms with Gasteiger partial charge in [0.25, 0.3) is 0 Å². The zero-order valence-electron chi connectivity index (χ0n) is 13.7. The van der Waals surface area contributed by atoms with Crippen molar-refractivity contribution in [2.75, 3.05) is 18.0 Å². The number of morpholine rings is 1. The van der Waals surface area contributed by atoms with E-state index in [2.05, 4.69) is 23.7 Å². The molecule has 1 aliphatic heterocycles. The molecule has 1 aromatic carbocycles. The van der Waals surface area contributed by atoms with Crippen LogP contribution in [0.2, 0.25) is 5.02 Å². The molecule has 0 radical (unpaired) electrons. The van der Waals surface area contributed by atoms with E-state index >= 15 is 0 Å². The molecule has 1 aliphatic rings. The molecule has 0 N–H and O–H groups in total. The van der Waals surface area contributed by atoms with Crippen LogP contribution in [0.25, 0.3) is 16.6 Å². The molecule has 4 rings (SSSR count). The Morgan fingerprint density at radius 3 is 2.50 bits per heavy atom. The fourth-order valence-electron chi connectivity index (χ4n) is 3.31. The van der Waals surface area contributed by atoms with Gasteiger partial charge in [0.05, 0.1) is 29.6 Å². The van der Waals surface area contributed by atoms with E-state index in [9.17, 15) is 0 Å². The molecule has 1 fully saturated rings. The Bertz CT molecular complexity index is 851. The molecule has 5 nitrogen and oxygen atoms in total. The predicted octanol–water partition coefficient (Wildman–Crippen LogP) is 3.69. The normalized spacial score (nSPS) is 21.4. The first-order chi connectivity index (χ1) is 11.6. The summed E-state index contributed by atoms with van der Waals surface area (Å²) in [5, 5.41) is 6.70. The number of nitrogens with zero attached hydrogens (tertiary/aromatic N) is 4. The van der Waals surface area contributed by atoms with Gasteiger partial charge in [-0.1, -0.05) is 11.6 Å². The van der Waals surface area contributed by atoms with Gasteiger partial charge in [0.1, 0.15) is 0 Å². The Morgan fingerprint density at radius 1 is 1.08 bits per heavy atom. The summed E-state index contributed by atoms with van der Waals surface area (Å²) in [4.78, 5) is 6.57. The van der Waals surface area contributed by atoms with Crippen molar-refractivity contribution in [3.63, 3.8) is 0 Å². The van der Waals surface area contributed by atoms with Crippen molar-refractivity contribution in [3.8, 4) is 5.69 Å². The van der Waals surface area contributed by atoms with Crippen LogP contribution in [0.4, 0.5) is 5.82 Å². The minimum Gasteiger partial charge on any atom is -0.372 e. The second kappa shape index (κ2) is 6.07. The van der Waals surface area contributed by atoms with Gasteiger partial charge >= 0.3 is 0 Å². The van der Waals surface area contributed by atoms with Crippen LogP contribution in [0.15, 0.2) is 42.7 Å². The maximum absolute atomic E-state index is 6.01. The molecule has 124 valence electrons. The quantitative estimate of drug-likeness (QED) is 0.712. The van der Waals surface area contributed by atoms with E-state index in [1.54, 1.807) is 0 Å². The number of anilines is 1. The van der Waals surface area contributed by atoms with Crippen molar-refractivity contribution in [1.29, 1.82) is 0 Å². The van der Waals surface area contributed by atoms with Crippen LogP contribution < -0.4 is 4.90 Å². The first kappa shape index (κ1) is 15.4. The molecule has 0 aliphatic carbocycles. The van der Waals surface area contributed by atoms with Crippen LogP contribution >= 0.6 is 11.6 Å². The topological polar surface area (TPSA) is 43.2 Å². The summed E-state index contributed by atoms with van der Waals surface area (Å²) in [5.74, 6) is 0.976. The van der Waals surface area contributed by atoms with E-state index in [1.807, 2.05) is 47.4 Å². The minimum atomic E-state index is 0.186. The molecule has 1 saturated heterocycles. The SMILES string of the molecule is CC1CN(c2nn(-c3ccc(Cl)cc3)c3cnccc23)CC(C)O1.